The van der Waals surface area contributed by atoms with Crippen molar-refractivity contribution in [3.63, 3.8) is 0 Å². The average Bonchev–Trinajstić information content (AvgIpc) is 2.78. The van der Waals surface area contributed by atoms with Crippen LogP contribution in [-0.4, -0.2) is 19.3 Å². The van der Waals surface area contributed by atoms with Crippen molar-refractivity contribution in [2.75, 3.05) is 7.05 Å². The van der Waals surface area contributed by atoms with E-state index in [1.54, 1.807) is 11.3 Å². The van der Waals surface area contributed by atoms with Gasteiger partial charge < -0.3 is 5.32 Å². The van der Waals surface area contributed by atoms with E-state index in [1.807, 2.05) is 18.5 Å². The highest BCUT2D eigenvalue weighted by molar-refractivity contribution is 7.09. The predicted molar refractivity (Wildman–Crippen MR) is 70.0 cm³/mol. The van der Waals surface area contributed by atoms with Crippen molar-refractivity contribution in [3.8, 4) is 0 Å². The Balaban J connectivity index is 2.13. The largest absolute Gasteiger partial charge is 0.389 e. The number of thiophene rings is 1. The SMILES string of the molecule is CNC(CCCc1cccs1)CCCC(F)(F)F. The minimum absolute atomic E-state index is 0.201. The molecule has 0 spiro atoms. The van der Waals surface area contributed by atoms with Gasteiger partial charge in [0.2, 0.25) is 0 Å². The van der Waals surface area contributed by atoms with Crippen molar-refractivity contribution >= 4 is 11.3 Å². The quantitative estimate of drug-likeness (QED) is 0.744. The lowest BCUT2D eigenvalue weighted by Gasteiger charge is -2.16. The lowest BCUT2D eigenvalue weighted by molar-refractivity contribution is -0.135. The van der Waals surface area contributed by atoms with Crippen LogP contribution in [0.4, 0.5) is 13.2 Å². The molecule has 0 saturated carbocycles. The van der Waals surface area contributed by atoms with Gasteiger partial charge >= 0.3 is 6.18 Å². The van der Waals surface area contributed by atoms with Crippen LogP contribution in [0.25, 0.3) is 0 Å². The Hall–Kier alpha value is -0.550. The van der Waals surface area contributed by atoms with Crippen LogP contribution >= 0.6 is 11.3 Å². The summed E-state index contributed by atoms with van der Waals surface area (Å²) in [6.07, 6.45) is -0.890. The number of hydrogen-bond acceptors (Lipinski definition) is 2. The fourth-order valence-corrected chi connectivity index (χ4v) is 2.71. The molecule has 1 nitrogen and oxygen atoms in total. The first-order valence-electron chi connectivity index (χ1n) is 6.27. The summed E-state index contributed by atoms with van der Waals surface area (Å²) in [5, 5.41) is 5.15. The molecule has 1 N–H and O–H groups in total. The Labute approximate surface area is 110 Å². The van der Waals surface area contributed by atoms with E-state index in [-0.39, 0.29) is 12.5 Å². The highest BCUT2D eigenvalue weighted by Crippen LogP contribution is 2.23. The zero-order valence-electron chi connectivity index (χ0n) is 10.6. The summed E-state index contributed by atoms with van der Waals surface area (Å²) >= 11 is 1.73. The lowest BCUT2D eigenvalue weighted by Crippen LogP contribution is -2.25. The molecule has 0 aliphatic heterocycles. The van der Waals surface area contributed by atoms with E-state index >= 15 is 0 Å². The van der Waals surface area contributed by atoms with E-state index in [1.165, 1.54) is 4.88 Å². The fraction of sp³-hybridized carbons (Fsp3) is 0.692. The van der Waals surface area contributed by atoms with E-state index in [9.17, 15) is 13.2 Å². The molecule has 18 heavy (non-hydrogen) atoms. The van der Waals surface area contributed by atoms with Crippen LogP contribution < -0.4 is 5.32 Å². The van der Waals surface area contributed by atoms with Crippen LogP contribution in [0.5, 0.6) is 0 Å². The number of halogens is 3. The Morgan fingerprint density at radius 3 is 2.56 bits per heavy atom. The summed E-state index contributed by atoms with van der Waals surface area (Å²) in [5.74, 6) is 0. The zero-order valence-corrected chi connectivity index (χ0v) is 11.4. The van der Waals surface area contributed by atoms with E-state index in [4.69, 9.17) is 0 Å². The third kappa shape index (κ3) is 7.01. The molecule has 0 saturated heterocycles. The Bertz CT molecular complexity index is 309. The molecule has 5 heteroatoms. The van der Waals surface area contributed by atoms with Gasteiger partial charge in [-0.25, -0.2) is 0 Å². The summed E-state index contributed by atoms with van der Waals surface area (Å²) in [6, 6.07) is 4.33. The van der Waals surface area contributed by atoms with Gasteiger partial charge in [0.15, 0.2) is 0 Å². The molecular formula is C13H20F3NS. The standard InChI is InChI=1S/C13H20F3NS/c1-17-11(6-3-9-13(14,15)16)5-2-7-12-8-4-10-18-12/h4,8,10-11,17H,2-3,5-7,9H2,1H3. The van der Waals surface area contributed by atoms with Gasteiger partial charge in [-0.15, -0.1) is 11.3 Å². The maximum Gasteiger partial charge on any atom is 0.389 e. The summed E-state index contributed by atoms with van der Waals surface area (Å²) in [6.45, 7) is 0. The minimum atomic E-state index is -4.02. The topological polar surface area (TPSA) is 12.0 Å². The lowest BCUT2D eigenvalue weighted by atomic mass is 10.0. The van der Waals surface area contributed by atoms with Crippen molar-refractivity contribution in [3.05, 3.63) is 22.4 Å². The number of nitrogens with one attached hydrogen (secondary N) is 1. The van der Waals surface area contributed by atoms with Gasteiger partial charge in [0.1, 0.15) is 0 Å². The number of alkyl halides is 3. The summed E-state index contributed by atoms with van der Waals surface area (Å²) in [7, 11) is 1.82. The third-order valence-electron chi connectivity index (χ3n) is 2.98. The molecule has 1 aromatic heterocycles. The minimum Gasteiger partial charge on any atom is -0.317 e. The molecule has 1 atom stereocenters. The number of hydrogen-bond donors (Lipinski definition) is 1. The van der Waals surface area contributed by atoms with Gasteiger partial charge in [0.25, 0.3) is 0 Å². The molecular weight excluding hydrogens is 259 g/mol. The molecule has 1 aromatic rings. The molecule has 0 aliphatic carbocycles. The fourth-order valence-electron chi connectivity index (χ4n) is 1.96. The smallest absolute Gasteiger partial charge is 0.317 e. The molecule has 104 valence electrons. The molecule has 0 aromatic carbocycles. The van der Waals surface area contributed by atoms with Gasteiger partial charge in [-0.1, -0.05) is 6.07 Å². The second-order valence-electron chi connectivity index (χ2n) is 4.46. The summed E-state index contributed by atoms with van der Waals surface area (Å²) in [5.41, 5.74) is 0. The Morgan fingerprint density at radius 1 is 1.28 bits per heavy atom. The molecule has 0 fully saturated rings. The van der Waals surface area contributed by atoms with Crippen LogP contribution in [0.2, 0.25) is 0 Å². The predicted octanol–water partition coefficient (Wildman–Crippen LogP) is 4.39. The van der Waals surface area contributed by atoms with Crippen molar-refractivity contribution in [1.29, 1.82) is 0 Å². The van der Waals surface area contributed by atoms with E-state index < -0.39 is 12.6 Å². The van der Waals surface area contributed by atoms with Crippen LogP contribution in [-0.2, 0) is 6.42 Å². The third-order valence-corrected chi connectivity index (χ3v) is 3.91. The summed E-state index contributed by atoms with van der Waals surface area (Å²) < 4.78 is 36.1. The van der Waals surface area contributed by atoms with E-state index in [0.717, 1.165) is 19.3 Å². The van der Waals surface area contributed by atoms with Gasteiger partial charge in [-0.3, -0.25) is 0 Å². The normalized spacial score (nSPS) is 13.8. The molecule has 0 aliphatic rings. The highest BCUT2D eigenvalue weighted by atomic mass is 32.1. The highest BCUT2D eigenvalue weighted by Gasteiger charge is 2.26. The molecule has 0 radical (unpaired) electrons. The Morgan fingerprint density at radius 2 is 2.00 bits per heavy atom. The molecule has 1 unspecified atom stereocenters. The van der Waals surface area contributed by atoms with Crippen molar-refractivity contribution in [1.82, 2.24) is 5.32 Å². The Kier molecular flexibility index (Phi) is 6.71. The van der Waals surface area contributed by atoms with E-state index in [2.05, 4.69) is 11.4 Å². The second kappa shape index (κ2) is 7.79. The number of aryl methyl sites for hydroxylation is 1. The molecule has 0 amide bonds. The number of rotatable bonds is 8. The first-order valence-corrected chi connectivity index (χ1v) is 7.15. The molecule has 1 rings (SSSR count). The van der Waals surface area contributed by atoms with Gasteiger partial charge in [0.05, 0.1) is 0 Å². The van der Waals surface area contributed by atoms with Gasteiger partial charge in [-0.05, 0) is 50.6 Å². The zero-order chi connectivity index (χ0) is 13.4. The molecule has 0 bridgehead atoms. The van der Waals surface area contributed by atoms with Gasteiger partial charge in [-0.2, -0.15) is 13.2 Å². The van der Waals surface area contributed by atoms with Crippen molar-refractivity contribution in [2.24, 2.45) is 0 Å². The van der Waals surface area contributed by atoms with Crippen molar-refractivity contribution < 1.29 is 13.2 Å². The first-order chi connectivity index (χ1) is 8.51. The summed E-state index contributed by atoms with van der Waals surface area (Å²) in [4.78, 5) is 1.35. The monoisotopic (exact) mass is 279 g/mol. The first kappa shape index (κ1) is 15.5. The maximum atomic E-state index is 12.0. The molecule has 1 heterocycles. The van der Waals surface area contributed by atoms with Crippen LogP contribution in [0.3, 0.4) is 0 Å². The van der Waals surface area contributed by atoms with Crippen LogP contribution in [0.15, 0.2) is 17.5 Å². The van der Waals surface area contributed by atoms with Crippen LogP contribution in [0.1, 0.15) is 37.0 Å². The average molecular weight is 279 g/mol. The van der Waals surface area contributed by atoms with Crippen LogP contribution in [0, 0.1) is 0 Å². The van der Waals surface area contributed by atoms with Crippen molar-refractivity contribution in [2.45, 2.75) is 50.7 Å². The van der Waals surface area contributed by atoms with E-state index in [0.29, 0.717) is 6.42 Å². The maximum absolute atomic E-state index is 12.0. The van der Waals surface area contributed by atoms with Gasteiger partial charge in [0, 0.05) is 17.3 Å². The second-order valence-corrected chi connectivity index (χ2v) is 5.50.